The molecule has 114 valence electrons. The minimum Gasteiger partial charge on any atom is -0.253 e. The molecule has 0 amide bonds. The average molecular weight is 340 g/mol. The van der Waals surface area contributed by atoms with Gasteiger partial charge in [0.2, 0.25) is 5.13 Å². The normalized spacial score (nSPS) is 11.3. The van der Waals surface area contributed by atoms with Crippen molar-refractivity contribution in [3.05, 3.63) is 76.6 Å². The molecule has 3 nitrogen and oxygen atoms in total. The second-order valence-electron chi connectivity index (χ2n) is 4.70. The minimum atomic E-state index is 0.720. The van der Waals surface area contributed by atoms with Crippen molar-refractivity contribution in [2.75, 3.05) is 5.43 Å². The highest BCUT2D eigenvalue weighted by atomic mass is 35.5. The fourth-order valence-electron chi connectivity index (χ4n) is 1.93. The van der Waals surface area contributed by atoms with Crippen LogP contribution in [0.3, 0.4) is 0 Å². The standard InChI is InChI=1S/C18H14ClN3S/c19-16-10-8-15(9-11-16)17-13-23-18(21-17)22-20-12-4-7-14-5-2-1-3-6-14/h1-13H,(H,21,22)/b7-4+,20-12-. The SMILES string of the molecule is Clc1ccc(-c2csc(N/N=C\C=C\c3ccccc3)n2)cc1. The van der Waals surface area contributed by atoms with Crippen LogP contribution >= 0.6 is 22.9 Å². The Labute approximate surface area is 144 Å². The van der Waals surface area contributed by atoms with Gasteiger partial charge in [-0.15, -0.1) is 11.3 Å². The van der Waals surface area contributed by atoms with Crippen molar-refractivity contribution >= 4 is 40.4 Å². The topological polar surface area (TPSA) is 37.3 Å². The molecule has 3 aromatic rings. The Morgan fingerprint density at radius 2 is 1.83 bits per heavy atom. The lowest BCUT2D eigenvalue weighted by Crippen LogP contribution is -1.87. The number of hydrazone groups is 1. The van der Waals surface area contributed by atoms with Gasteiger partial charge < -0.3 is 0 Å². The molecule has 0 unspecified atom stereocenters. The summed E-state index contributed by atoms with van der Waals surface area (Å²) in [4.78, 5) is 4.49. The van der Waals surface area contributed by atoms with Crippen LogP contribution in [0.1, 0.15) is 5.56 Å². The molecule has 1 heterocycles. The van der Waals surface area contributed by atoms with Crippen LogP contribution in [0.15, 0.2) is 71.2 Å². The number of nitrogens with one attached hydrogen (secondary N) is 1. The maximum Gasteiger partial charge on any atom is 0.203 e. The number of hydrogen-bond donors (Lipinski definition) is 1. The van der Waals surface area contributed by atoms with Crippen molar-refractivity contribution in [1.82, 2.24) is 4.98 Å². The lowest BCUT2D eigenvalue weighted by Gasteiger charge is -1.96. The van der Waals surface area contributed by atoms with Gasteiger partial charge in [0, 0.05) is 22.2 Å². The molecular weight excluding hydrogens is 326 g/mol. The van der Waals surface area contributed by atoms with Crippen LogP contribution < -0.4 is 5.43 Å². The molecule has 0 saturated heterocycles. The van der Waals surface area contributed by atoms with E-state index < -0.39 is 0 Å². The summed E-state index contributed by atoms with van der Waals surface area (Å²) in [6.45, 7) is 0. The van der Waals surface area contributed by atoms with E-state index in [1.807, 2.05) is 72.1 Å². The number of allylic oxidation sites excluding steroid dienone is 1. The summed E-state index contributed by atoms with van der Waals surface area (Å²) in [7, 11) is 0. The van der Waals surface area contributed by atoms with E-state index in [2.05, 4.69) is 15.5 Å². The summed E-state index contributed by atoms with van der Waals surface area (Å²) >= 11 is 7.40. The van der Waals surface area contributed by atoms with Crippen LogP contribution in [0.4, 0.5) is 5.13 Å². The predicted molar refractivity (Wildman–Crippen MR) is 100 cm³/mol. The lowest BCUT2D eigenvalue weighted by atomic mass is 10.2. The predicted octanol–water partition coefficient (Wildman–Crippen LogP) is 5.57. The molecule has 0 aliphatic heterocycles. The van der Waals surface area contributed by atoms with Gasteiger partial charge in [0.1, 0.15) is 0 Å². The summed E-state index contributed by atoms with van der Waals surface area (Å²) in [6, 6.07) is 17.7. The van der Waals surface area contributed by atoms with Crippen LogP contribution in [0, 0.1) is 0 Å². The van der Waals surface area contributed by atoms with Crippen LogP contribution in [0.5, 0.6) is 0 Å². The molecule has 2 aromatic carbocycles. The van der Waals surface area contributed by atoms with Crippen molar-refractivity contribution in [2.45, 2.75) is 0 Å². The third kappa shape index (κ3) is 4.52. The van der Waals surface area contributed by atoms with Crippen molar-refractivity contribution < 1.29 is 0 Å². The number of benzene rings is 2. The van der Waals surface area contributed by atoms with E-state index >= 15 is 0 Å². The lowest BCUT2D eigenvalue weighted by molar-refractivity contribution is 1.29. The molecule has 0 bridgehead atoms. The monoisotopic (exact) mass is 339 g/mol. The second-order valence-corrected chi connectivity index (χ2v) is 6.00. The highest BCUT2D eigenvalue weighted by Crippen LogP contribution is 2.25. The quantitative estimate of drug-likeness (QED) is 0.487. The molecule has 0 aliphatic rings. The molecule has 0 saturated carbocycles. The van der Waals surface area contributed by atoms with Gasteiger partial charge in [-0.2, -0.15) is 5.10 Å². The second kappa shape index (κ2) is 7.72. The first-order valence-electron chi connectivity index (χ1n) is 7.03. The van der Waals surface area contributed by atoms with Crippen molar-refractivity contribution in [1.29, 1.82) is 0 Å². The van der Waals surface area contributed by atoms with Gasteiger partial charge in [-0.05, 0) is 23.8 Å². The summed E-state index contributed by atoms with van der Waals surface area (Å²) in [5, 5.41) is 7.60. The maximum atomic E-state index is 5.89. The summed E-state index contributed by atoms with van der Waals surface area (Å²) < 4.78 is 0. The zero-order valence-corrected chi connectivity index (χ0v) is 13.8. The molecule has 23 heavy (non-hydrogen) atoms. The zero-order valence-electron chi connectivity index (χ0n) is 12.2. The van der Waals surface area contributed by atoms with Crippen LogP contribution in [-0.4, -0.2) is 11.2 Å². The third-order valence-electron chi connectivity index (χ3n) is 3.05. The zero-order chi connectivity index (χ0) is 15.9. The van der Waals surface area contributed by atoms with Gasteiger partial charge in [-0.25, -0.2) is 4.98 Å². The summed E-state index contributed by atoms with van der Waals surface area (Å²) in [5.74, 6) is 0. The fourth-order valence-corrected chi connectivity index (χ4v) is 2.73. The third-order valence-corrected chi connectivity index (χ3v) is 4.05. The van der Waals surface area contributed by atoms with E-state index in [9.17, 15) is 0 Å². The van der Waals surface area contributed by atoms with Crippen LogP contribution in [-0.2, 0) is 0 Å². The number of halogens is 1. The Hall–Kier alpha value is -2.43. The van der Waals surface area contributed by atoms with Gasteiger partial charge >= 0.3 is 0 Å². The molecule has 3 rings (SSSR count). The van der Waals surface area contributed by atoms with E-state index in [4.69, 9.17) is 11.6 Å². The van der Waals surface area contributed by atoms with Gasteiger partial charge in [0.25, 0.3) is 0 Å². The average Bonchev–Trinajstić information content (AvgIpc) is 3.05. The molecule has 0 spiro atoms. The largest absolute Gasteiger partial charge is 0.253 e. The first-order chi connectivity index (χ1) is 11.3. The molecule has 0 radical (unpaired) electrons. The molecule has 5 heteroatoms. The smallest absolute Gasteiger partial charge is 0.203 e. The van der Waals surface area contributed by atoms with Gasteiger partial charge in [-0.1, -0.05) is 60.1 Å². The van der Waals surface area contributed by atoms with Gasteiger partial charge in [0.15, 0.2) is 0 Å². The maximum absolute atomic E-state index is 5.89. The number of anilines is 1. The number of rotatable bonds is 5. The highest BCUT2D eigenvalue weighted by Gasteiger charge is 2.03. The van der Waals surface area contributed by atoms with Crippen molar-refractivity contribution in [2.24, 2.45) is 5.10 Å². The van der Waals surface area contributed by atoms with Gasteiger partial charge in [0.05, 0.1) is 5.69 Å². The van der Waals surface area contributed by atoms with E-state index in [0.29, 0.717) is 0 Å². The van der Waals surface area contributed by atoms with E-state index in [-0.39, 0.29) is 0 Å². The first-order valence-corrected chi connectivity index (χ1v) is 8.29. The first kappa shape index (κ1) is 15.5. The molecule has 0 atom stereocenters. The van der Waals surface area contributed by atoms with Crippen LogP contribution in [0.2, 0.25) is 5.02 Å². The molecule has 0 aliphatic carbocycles. The Bertz CT molecular complexity index is 808. The number of hydrogen-bond acceptors (Lipinski definition) is 4. The Kier molecular flexibility index (Phi) is 5.19. The Morgan fingerprint density at radius 1 is 1.04 bits per heavy atom. The van der Waals surface area contributed by atoms with E-state index in [0.717, 1.165) is 27.0 Å². The highest BCUT2D eigenvalue weighted by molar-refractivity contribution is 7.14. The number of nitrogens with zero attached hydrogens (tertiary/aromatic N) is 2. The Balaban J connectivity index is 1.58. The molecule has 0 fully saturated rings. The van der Waals surface area contributed by atoms with Gasteiger partial charge in [-0.3, -0.25) is 5.43 Å². The minimum absolute atomic E-state index is 0.720. The molecule has 1 aromatic heterocycles. The fraction of sp³-hybridized carbons (Fsp3) is 0. The van der Waals surface area contributed by atoms with Crippen LogP contribution in [0.25, 0.3) is 17.3 Å². The molecular formula is C18H14ClN3S. The summed E-state index contributed by atoms with van der Waals surface area (Å²) in [5.41, 5.74) is 6.01. The number of aromatic nitrogens is 1. The van der Waals surface area contributed by atoms with E-state index in [1.54, 1.807) is 6.21 Å². The van der Waals surface area contributed by atoms with E-state index in [1.165, 1.54) is 11.3 Å². The Morgan fingerprint density at radius 3 is 2.61 bits per heavy atom. The summed E-state index contributed by atoms with van der Waals surface area (Å²) in [6.07, 6.45) is 5.58. The van der Waals surface area contributed by atoms with Crippen molar-refractivity contribution in [3.8, 4) is 11.3 Å². The van der Waals surface area contributed by atoms with Crippen molar-refractivity contribution in [3.63, 3.8) is 0 Å². The number of thiazole rings is 1. The molecule has 1 N–H and O–H groups in total.